The molecule has 2 amide bonds. The highest BCUT2D eigenvalue weighted by Crippen LogP contribution is 2.31. The second kappa shape index (κ2) is 7.98. The molecule has 0 radical (unpaired) electrons. The minimum atomic E-state index is -0.681. The number of carbonyl (C=O) groups is 1. The van der Waals surface area contributed by atoms with Gasteiger partial charge in [-0.2, -0.15) is 10.1 Å². The summed E-state index contributed by atoms with van der Waals surface area (Å²) in [7, 11) is 1.71. The van der Waals surface area contributed by atoms with Crippen LogP contribution in [0, 0.1) is 11.6 Å². The Morgan fingerprint density at radius 1 is 1.28 bits per heavy atom. The van der Waals surface area contributed by atoms with Crippen molar-refractivity contribution in [2.24, 2.45) is 5.10 Å². The molecule has 152 valence electrons. The number of amides is 2. The molecule has 29 heavy (non-hydrogen) atoms. The van der Waals surface area contributed by atoms with Gasteiger partial charge in [0.2, 0.25) is 11.8 Å². The first-order valence-corrected chi connectivity index (χ1v) is 9.27. The summed E-state index contributed by atoms with van der Waals surface area (Å²) < 4.78 is 33.1. The first-order valence-electron chi connectivity index (χ1n) is 9.27. The molecule has 10 heteroatoms. The standard InChI is InChI=1S/C19H20F2N6O2/c1-22-18-23-5-3-17(25-18)29-15-4-7-26(11-15)19(28)27-16(2-6-24-27)12-8-13(20)10-14(21)9-12/h3,5-6,8-10,15-16H,2,4,7,11H2,1H3,(H,22,23,25)/t15-,16+/m1/s1. The number of rotatable bonds is 4. The van der Waals surface area contributed by atoms with Gasteiger partial charge in [0.1, 0.15) is 17.7 Å². The van der Waals surface area contributed by atoms with E-state index in [0.29, 0.717) is 43.3 Å². The predicted octanol–water partition coefficient (Wildman–Crippen LogP) is 2.80. The minimum Gasteiger partial charge on any atom is -0.472 e. The van der Waals surface area contributed by atoms with Crippen LogP contribution in [-0.4, -0.2) is 58.4 Å². The van der Waals surface area contributed by atoms with Crippen molar-refractivity contribution in [2.75, 3.05) is 25.5 Å². The smallest absolute Gasteiger partial charge is 0.341 e. The summed E-state index contributed by atoms with van der Waals surface area (Å²) in [6.07, 6.45) is 4.00. The number of urea groups is 1. The first kappa shape index (κ1) is 19.0. The summed E-state index contributed by atoms with van der Waals surface area (Å²) >= 11 is 0. The Hall–Kier alpha value is -3.30. The van der Waals surface area contributed by atoms with Crippen molar-refractivity contribution < 1.29 is 18.3 Å². The lowest BCUT2D eigenvalue weighted by molar-refractivity contribution is 0.141. The third-order valence-electron chi connectivity index (χ3n) is 4.85. The summed E-state index contributed by atoms with van der Waals surface area (Å²) in [4.78, 5) is 22.8. The summed E-state index contributed by atoms with van der Waals surface area (Å²) in [6, 6.07) is 4.07. The molecule has 1 aromatic heterocycles. The number of hydrazone groups is 1. The van der Waals surface area contributed by atoms with Gasteiger partial charge in [0.05, 0.1) is 12.6 Å². The van der Waals surface area contributed by atoms with Gasteiger partial charge in [-0.25, -0.2) is 23.6 Å². The number of benzene rings is 1. The highest BCUT2D eigenvalue weighted by molar-refractivity contribution is 5.78. The molecule has 2 atom stereocenters. The maximum atomic E-state index is 13.6. The zero-order valence-corrected chi connectivity index (χ0v) is 15.8. The number of hydrogen-bond donors (Lipinski definition) is 1. The van der Waals surface area contributed by atoms with Crippen LogP contribution in [0.3, 0.4) is 0 Å². The third kappa shape index (κ3) is 4.10. The van der Waals surface area contributed by atoms with E-state index in [2.05, 4.69) is 20.4 Å². The third-order valence-corrected chi connectivity index (χ3v) is 4.85. The van der Waals surface area contributed by atoms with Gasteiger partial charge in [-0.05, 0) is 17.7 Å². The first-order chi connectivity index (χ1) is 14.0. The van der Waals surface area contributed by atoms with Crippen molar-refractivity contribution in [1.82, 2.24) is 19.9 Å². The number of nitrogens with one attached hydrogen (secondary N) is 1. The van der Waals surface area contributed by atoms with E-state index in [1.54, 1.807) is 30.4 Å². The molecule has 0 unspecified atom stereocenters. The highest BCUT2D eigenvalue weighted by atomic mass is 19.1. The lowest BCUT2D eigenvalue weighted by atomic mass is 10.0. The zero-order chi connectivity index (χ0) is 20.4. The van der Waals surface area contributed by atoms with Crippen LogP contribution < -0.4 is 10.1 Å². The maximum Gasteiger partial charge on any atom is 0.341 e. The van der Waals surface area contributed by atoms with Crippen molar-refractivity contribution in [3.05, 3.63) is 47.7 Å². The van der Waals surface area contributed by atoms with Crippen LogP contribution in [0.25, 0.3) is 0 Å². The summed E-state index contributed by atoms with van der Waals surface area (Å²) in [6.45, 7) is 0.859. The number of halogens is 2. The van der Waals surface area contributed by atoms with Gasteiger partial charge >= 0.3 is 6.03 Å². The molecule has 1 saturated heterocycles. The molecule has 2 aliphatic heterocycles. The molecule has 1 aromatic carbocycles. The Bertz CT molecular complexity index is 920. The number of likely N-dealkylation sites (tertiary alicyclic amines) is 1. The van der Waals surface area contributed by atoms with E-state index in [-0.39, 0.29) is 12.1 Å². The summed E-state index contributed by atoms with van der Waals surface area (Å²) in [5.41, 5.74) is 0.376. The van der Waals surface area contributed by atoms with Crippen molar-refractivity contribution >= 4 is 18.2 Å². The van der Waals surface area contributed by atoms with E-state index in [0.717, 1.165) is 6.07 Å². The normalized spacial score (nSPS) is 20.9. The monoisotopic (exact) mass is 402 g/mol. The second-order valence-electron chi connectivity index (χ2n) is 6.82. The van der Waals surface area contributed by atoms with Crippen molar-refractivity contribution in [3.63, 3.8) is 0 Å². The SMILES string of the molecule is CNc1nccc(O[C@@H]2CCN(C(=O)N3N=CC[C@H]3c3cc(F)cc(F)c3)C2)n1. The fraction of sp³-hybridized carbons (Fsp3) is 0.368. The zero-order valence-electron chi connectivity index (χ0n) is 15.8. The van der Waals surface area contributed by atoms with Crippen LogP contribution in [0.15, 0.2) is 35.6 Å². The van der Waals surface area contributed by atoms with Crippen LogP contribution in [0.1, 0.15) is 24.4 Å². The molecule has 3 heterocycles. The molecule has 0 saturated carbocycles. The maximum absolute atomic E-state index is 13.6. The second-order valence-corrected chi connectivity index (χ2v) is 6.82. The van der Waals surface area contributed by atoms with Crippen LogP contribution in [-0.2, 0) is 0 Å². The van der Waals surface area contributed by atoms with E-state index in [4.69, 9.17) is 4.74 Å². The Balaban J connectivity index is 1.42. The molecule has 0 bridgehead atoms. The number of nitrogens with zero attached hydrogens (tertiary/aromatic N) is 5. The molecule has 1 N–H and O–H groups in total. The Morgan fingerprint density at radius 2 is 2.07 bits per heavy atom. The van der Waals surface area contributed by atoms with Gasteiger partial charge in [0.15, 0.2) is 0 Å². The van der Waals surface area contributed by atoms with E-state index >= 15 is 0 Å². The van der Waals surface area contributed by atoms with Gasteiger partial charge in [-0.3, -0.25) is 0 Å². The topological polar surface area (TPSA) is 83.0 Å². The number of aromatic nitrogens is 2. The lowest BCUT2D eigenvalue weighted by Crippen LogP contribution is -2.40. The van der Waals surface area contributed by atoms with Crippen LogP contribution in [0.4, 0.5) is 19.5 Å². The summed E-state index contributed by atoms with van der Waals surface area (Å²) in [5, 5.41) is 8.25. The molecule has 0 aliphatic carbocycles. The quantitative estimate of drug-likeness (QED) is 0.850. The number of anilines is 1. The van der Waals surface area contributed by atoms with Gasteiger partial charge in [-0.15, -0.1) is 0 Å². The van der Waals surface area contributed by atoms with Gasteiger partial charge < -0.3 is 15.0 Å². The predicted molar refractivity (Wildman–Crippen MR) is 102 cm³/mol. The van der Waals surface area contributed by atoms with E-state index in [1.807, 2.05) is 0 Å². The Morgan fingerprint density at radius 3 is 2.83 bits per heavy atom. The van der Waals surface area contributed by atoms with Gasteiger partial charge in [-0.1, -0.05) is 0 Å². The van der Waals surface area contributed by atoms with Crippen molar-refractivity contribution in [2.45, 2.75) is 25.0 Å². The molecular formula is C19H20F2N6O2. The lowest BCUT2D eigenvalue weighted by Gasteiger charge is -2.27. The van der Waals surface area contributed by atoms with Crippen LogP contribution in [0.5, 0.6) is 5.88 Å². The Kier molecular flexibility index (Phi) is 5.24. The highest BCUT2D eigenvalue weighted by Gasteiger charge is 2.36. The molecule has 4 rings (SSSR count). The van der Waals surface area contributed by atoms with Crippen molar-refractivity contribution in [1.29, 1.82) is 0 Å². The molecule has 0 spiro atoms. The summed E-state index contributed by atoms with van der Waals surface area (Å²) in [5.74, 6) is -0.486. The fourth-order valence-corrected chi connectivity index (χ4v) is 3.48. The Labute approximate surface area is 166 Å². The van der Waals surface area contributed by atoms with Crippen molar-refractivity contribution in [3.8, 4) is 5.88 Å². The molecule has 2 aliphatic rings. The van der Waals surface area contributed by atoms with E-state index in [1.165, 1.54) is 17.1 Å². The van der Waals surface area contributed by atoms with Gasteiger partial charge in [0.25, 0.3) is 0 Å². The van der Waals surface area contributed by atoms with Crippen LogP contribution in [0.2, 0.25) is 0 Å². The van der Waals surface area contributed by atoms with Gasteiger partial charge in [0, 0.05) is 51.0 Å². The molecular weight excluding hydrogens is 382 g/mol. The van der Waals surface area contributed by atoms with E-state index < -0.39 is 17.7 Å². The van der Waals surface area contributed by atoms with Crippen LogP contribution >= 0.6 is 0 Å². The number of ether oxygens (including phenoxy) is 1. The largest absolute Gasteiger partial charge is 0.472 e. The molecule has 1 fully saturated rings. The average molecular weight is 402 g/mol. The molecule has 8 nitrogen and oxygen atoms in total. The minimum absolute atomic E-state index is 0.213. The fourth-order valence-electron chi connectivity index (χ4n) is 3.48. The average Bonchev–Trinajstić information content (AvgIpc) is 3.36. The number of hydrogen-bond acceptors (Lipinski definition) is 6. The van der Waals surface area contributed by atoms with E-state index in [9.17, 15) is 13.6 Å². The molecule has 2 aromatic rings. The number of carbonyl (C=O) groups excluding carboxylic acids is 1.